The molecule has 2 rings (SSSR count). The number of nitrogens with two attached hydrogens (primary N) is 1. The van der Waals surface area contributed by atoms with Gasteiger partial charge in [-0.15, -0.1) is 0 Å². The van der Waals surface area contributed by atoms with Crippen LogP contribution in [-0.4, -0.2) is 35.2 Å². The predicted octanol–water partition coefficient (Wildman–Crippen LogP) is 1.15. The quantitative estimate of drug-likeness (QED) is 0.854. The van der Waals surface area contributed by atoms with E-state index in [-0.39, 0.29) is 5.54 Å². The normalized spacial score (nSPS) is 20.4. The second-order valence-corrected chi connectivity index (χ2v) is 5.15. The largest absolute Gasteiger partial charge is 0.378 e. The predicted molar refractivity (Wildman–Crippen MR) is 67.4 cm³/mol. The monoisotopic (exact) mass is 235 g/mol. The van der Waals surface area contributed by atoms with E-state index in [1.165, 1.54) is 5.56 Å². The maximum atomic E-state index is 5.61. The molecule has 0 aromatic carbocycles. The molecule has 1 aliphatic heterocycles. The molecule has 1 fully saturated rings. The number of pyridine rings is 1. The highest BCUT2D eigenvalue weighted by molar-refractivity contribution is 5.16. The smallest absolute Gasteiger partial charge is 0.0645 e. The lowest BCUT2D eigenvalue weighted by atomic mass is 10.0. The summed E-state index contributed by atoms with van der Waals surface area (Å²) in [6.07, 6.45) is 1.84. The highest BCUT2D eigenvalue weighted by Crippen LogP contribution is 2.21. The molecule has 1 aromatic rings. The molecule has 17 heavy (non-hydrogen) atoms. The van der Waals surface area contributed by atoms with Crippen molar-refractivity contribution in [1.29, 1.82) is 0 Å². The third-order valence-electron chi connectivity index (χ3n) is 3.28. The Labute approximate surface area is 103 Å². The molecule has 0 aliphatic carbocycles. The summed E-state index contributed by atoms with van der Waals surface area (Å²) in [5.74, 6) is 0. The Hall–Kier alpha value is -0.970. The summed E-state index contributed by atoms with van der Waals surface area (Å²) in [4.78, 5) is 6.67. The first-order chi connectivity index (χ1) is 8.12. The standard InChI is InChI=1S/C13H21N3O/c1-13(2)10-17-6-5-16(13)9-11-3-4-15-12(7-11)8-14/h3-4,7H,5-6,8-10,14H2,1-2H3. The van der Waals surface area contributed by atoms with Crippen molar-refractivity contribution in [2.45, 2.75) is 32.5 Å². The van der Waals surface area contributed by atoms with Gasteiger partial charge in [-0.2, -0.15) is 0 Å². The zero-order valence-corrected chi connectivity index (χ0v) is 10.6. The average molecular weight is 235 g/mol. The number of hydrogen-bond acceptors (Lipinski definition) is 4. The van der Waals surface area contributed by atoms with Gasteiger partial charge in [-0.3, -0.25) is 9.88 Å². The summed E-state index contributed by atoms with van der Waals surface area (Å²) in [6.45, 7) is 8.47. The minimum absolute atomic E-state index is 0.102. The van der Waals surface area contributed by atoms with E-state index in [1.54, 1.807) is 0 Å². The van der Waals surface area contributed by atoms with Gasteiger partial charge in [0.2, 0.25) is 0 Å². The SMILES string of the molecule is CC1(C)COCCN1Cc1ccnc(CN)c1. The minimum Gasteiger partial charge on any atom is -0.378 e. The Balaban J connectivity index is 2.08. The van der Waals surface area contributed by atoms with Crippen molar-refractivity contribution >= 4 is 0 Å². The molecule has 0 unspecified atom stereocenters. The lowest BCUT2D eigenvalue weighted by molar-refractivity contribution is -0.0552. The first-order valence-corrected chi connectivity index (χ1v) is 6.08. The fourth-order valence-corrected chi connectivity index (χ4v) is 2.14. The van der Waals surface area contributed by atoms with Crippen LogP contribution < -0.4 is 5.73 Å². The molecule has 0 radical (unpaired) electrons. The molecule has 94 valence electrons. The minimum atomic E-state index is 0.102. The topological polar surface area (TPSA) is 51.4 Å². The molecule has 4 heteroatoms. The summed E-state index contributed by atoms with van der Waals surface area (Å²) < 4.78 is 5.52. The van der Waals surface area contributed by atoms with Crippen molar-refractivity contribution in [3.63, 3.8) is 0 Å². The molecule has 0 saturated carbocycles. The Morgan fingerprint density at radius 3 is 3.06 bits per heavy atom. The van der Waals surface area contributed by atoms with Gasteiger partial charge in [-0.25, -0.2) is 0 Å². The van der Waals surface area contributed by atoms with Gasteiger partial charge >= 0.3 is 0 Å². The maximum Gasteiger partial charge on any atom is 0.0645 e. The van der Waals surface area contributed by atoms with Crippen LogP contribution in [0.2, 0.25) is 0 Å². The Morgan fingerprint density at radius 1 is 1.53 bits per heavy atom. The summed E-state index contributed by atoms with van der Waals surface area (Å²) in [6, 6.07) is 4.15. The van der Waals surface area contributed by atoms with Crippen LogP contribution in [0.1, 0.15) is 25.1 Å². The molecule has 4 nitrogen and oxygen atoms in total. The Bertz CT molecular complexity index is 379. The molecule has 0 atom stereocenters. The summed E-state index contributed by atoms with van der Waals surface area (Å²) in [5.41, 5.74) is 7.94. The molecule has 0 amide bonds. The van der Waals surface area contributed by atoms with Gasteiger partial charge in [-0.05, 0) is 31.5 Å². The van der Waals surface area contributed by atoms with E-state index in [0.29, 0.717) is 6.54 Å². The van der Waals surface area contributed by atoms with E-state index < -0.39 is 0 Å². The van der Waals surface area contributed by atoms with Crippen LogP contribution in [0.25, 0.3) is 0 Å². The van der Waals surface area contributed by atoms with E-state index in [0.717, 1.165) is 32.0 Å². The van der Waals surface area contributed by atoms with E-state index in [4.69, 9.17) is 10.5 Å². The molecule has 2 N–H and O–H groups in total. The van der Waals surface area contributed by atoms with E-state index in [2.05, 4.69) is 35.9 Å². The fourth-order valence-electron chi connectivity index (χ4n) is 2.14. The Kier molecular flexibility index (Phi) is 3.76. The van der Waals surface area contributed by atoms with Gasteiger partial charge in [0.05, 0.1) is 18.9 Å². The van der Waals surface area contributed by atoms with Gasteiger partial charge in [0, 0.05) is 31.4 Å². The van der Waals surface area contributed by atoms with Gasteiger partial charge in [0.15, 0.2) is 0 Å². The van der Waals surface area contributed by atoms with E-state index in [9.17, 15) is 0 Å². The van der Waals surface area contributed by atoms with Gasteiger partial charge < -0.3 is 10.5 Å². The van der Waals surface area contributed by atoms with E-state index >= 15 is 0 Å². The number of hydrogen-bond donors (Lipinski definition) is 1. The van der Waals surface area contributed by atoms with Crippen LogP contribution >= 0.6 is 0 Å². The molecule has 2 heterocycles. The summed E-state index contributed by atoms with van der Waals surface area (Å²) in [7, 11) is 0. The van der Waals surface area contributed by atoms with Crippen molar-refractivity contribution < 1.29 is 4.74 Å². The lowest BCUT2D eigenvalue weighted by Gasteiger charge is -2.42. The number of morpholine rings is 1. The van der Waals surface area contributed by atoms with Crippen LogP contribution in [0.5, 0.6) is 0 Å². The van der Waals surface area contributed by atoms with Crippen LogP contribution in [0.3, 0.4) is 0 Å². The molecular weight excluding hydrogens is 214 g/mol. The van der Waals surface area contributed by atoms with Gasteiger partial charge in [0.25, 0.3) is 0 Å². The number of aromatic nitrogens is 1. The van der Waals surface area contributed by atoms with Gasteiger partial charge in [0.1, 0.15) is 0 Å². The molecular formula is C13H21N3O. The first kappa shape index (κ1) is 12.5. The zero-order chi connectivity index (χ0) is 12.3. The second kappa shape index (κ2) is 5.12. The van der Waals surface area contributed by atoms with Gasteiger partial charge in [-0.1, -0.05) is 0 Å². The first-order valence-electron chi connectivity index (χ1n) is 6.08. The van der Waals surface area contributed by atoms with Crippen molar-refractivity contribution in [3.8, 4) is 0 Å². The maximum absolute atomic E-state index is 5.61. The summed E-state index contributed by atoms with van der Waals surface area (Å²) in [5, 5.41) is 0. The lowest BCUT2D eigenvalue weighted by Crippen LogP contribution is -2.52. The van der Waals surface area contributed by atoms with Crippen molar-refractivity contribution in [2.75, 3.05) is 19.8 Å². The Morgan fingerprint density at radius 2 is 2.35 bits per heavy atom. The van der Waals surface area contributed by atoms with E-state index in [1.807, 2.05) is 6.20 Å². The second-order valence-electron chi connectivity index (χ2n) is 5.15. The van der Waals surface area contributed by atoms with Crippen molar-refractivity contribution in [2.24, 2.45) is 5.73 Å². The fraction of sp³-hybridized carbons (Fsp3) is 0.615. The zero-order valence-electron chi connectivity index (χ0n) is 10.6. The number of nitrogens with zero attached hydrogens (tertiary/aromatic N) is 2. The van der Waals surface area contributed by atoms with Crippen molar-refractivity contribution in [1.82, 2.24) is 9.88 Å². The number of ether oxygens (including phenoxy) is 1. The van der Waals surface area contributed by atoms with Crippen LogP contribution in [-0.2, 0) is 17.8 Å². The van der Waals surface area contributed by atoms with Crippen LogP contribution in [0.15, 0.2) is 18.3 Å². The molecule has 0 bridgehead atoms. The molecule has 1 saturated heterocycles. The molecule has 1 aliphatic rings. The molecule has 0 spiro atoms. The van der Waals surface area contributed by atoms with Crippen LogP contribution in [0.4, 0.5) is 0 Å². The third-order valence-corrected chi connectivity index (χ3v) is 3.28. The summed E-state index contributed by atoms with van der Waals surface area (Å²) >= 11 is 0. The van der Waals surface area contributed by atoms with Crippen LogP contribution in [0, 0.1) is 0 Å². The average Bonchev–Trinajstić information content (AvgIpc) is 2.32. The third kappa shape index (κ3) is 3.03. The molecule has 1 aromatic heterocycles. The highest BCUT2D eigenvalue weighted by Gasteiger charge is 2.30. The van der Waals surface area contributed by atoms with Crippen molar-refractivity contribution in [3.05, 3.63) is 29.6 Å². The highest BCUT2D eigenvalue weighted by atomic mass is 16.5. The number of rotatable bonds is 3.